The smallest absolute Gasteiger partial charge is 0.152 e. The van der Waals surface area contributed by atoms with Crippen molar-refractivity contribution in [1.82, 2.24) is 4.98 Å². The summed E-state index contributed by atoms with van der Waals surface area (Å²) in [4.78, 5) is 15.1. The van der Waals surface area contributed by atoms with Crippen LogP contribution in [0.2, 0.25) is 0 Å². The summed E-state index contributed by atoms with van der Waals surface area (Å²) in [5.41, 5.74) is 3.75. The van der Waals surface area contributed by atoms with E-state index in [2.05, 4.69) is 17.1 Å². The molecule has 1 aromatic heterocycles. The van der Waals surface area contributed by atoms with E-state index in [0.29, 0.717) is 5.56 Å². The number of hydrogen-bond donors (Lipinski definition) is 0. The highest BCUT2D eigenvalue weighted by molar-refractivity contribution is 5.78. The Labute approximate surface area is 95.0 Å². The van der Waals surface area contributed by atoms with E-state index >= 15 is 0 Å². The van der Waals surface area contributed by atoms with Crippen molar-refractivity contribution in [2.75, 3.05) is 0 Å². The van der Waals surface area contributed by atoms with Gasteiger partial charge in [-0.25, -0.2) is 0 Å². The molecular formula is C14H13NO. The third kappa shape index (κ3) is 2.16. The number of benzene rings is 1. The van der Waals surface area contributed by atoms with Crippen molar-refractivity contribution >= 4 is 6.29 Å². The lowest BCUT2D eigenvalue weighted by Gasteiger charge is -2.06. The van der Waals surface area contributed by atoms with Gasteiger partial charge in [0.25, 0.3) is 0 Å². The van der Waals surface area contributed by atoms with E-state index in [9.17, 15) is 4.79 Å². The number of nitrogens with zero attached hydrogens (tertiary/aromatic N) is 1. The molecule has 0 aliphatic heterocycles. The lowest BCUT2D eigenvalue weighted by molar-refractivity contribution is 0.112. The van der Waals surface area contributed by atoms with Gasteiger partial charge in [-0.1, -0.05) is 30.3 Å². The Bertz CT molecular complexity index is 491. The van der Waals surface area contributed by atoms with Crippen molar-refractivity contribution in [3.63, 3.8) is 0 Å². The highest BCUT2D eigenvalue weighted by Gasteiger charge is 2.05. The molecule has 0 aliphatic rings. The van der Waals surface area contributed by atoms with Crippen molar-refractivity contribution in [1.29, 1.82) is 0 Å². The predicted molar refractivity (Wildman–Crippen MR) is 63.6 cm³/mol. The van der Waals surface area contributed by atoms with Gasteiger partial charge in [-0.05, 0) is 30.5 Å². The maximum absolute atomic E-state index is 11.0. The largest absolute Gasteiger partial charge is 0.298 e. The molecular weight excluding hydrogens is 198 g/mol. The summed E-state index contributed by atoms with van der Waals surface area (Å²) in [6, 6.07) is 12.0. The first-order valence-electron chi connectivity index (χ1n) is 5.25. The molecule has 0 N–H and O–H groups in total. The Balaban J connectivity index is 2.35. The second-order valence-corrected chi connectivity index (χ2v) is 3.75. The van der Waals surface area contributed by atoms with E-state index in [1.165, 1.54) is 5.56 Å². The van der Waals surface area contributed by atoms with Gasteiger partial charge in [-0.15, -0.1) is 0 Å². The van der Waals surface area contributed by atoms with Crippen molar-refractivity contribution in [3.05, 3.63) is 65.0 Å². The fraction of sp³-hybridized carbons (Fsp3) is 0.143. The van der Waals surface area contributed by atoms with Crippen LogP contribution in [-0.4, -0.2) is 11.3 Å². The number of rotatable bonds is 3. The van der Waals surface area contributed by atoms with Gasteiger partial charge < -0.3 is 0 Å². The lowest BCUT2D eigenvalue weighted by atomic mass is 10.0. The number of carbonyl (C=O) groups is 1. The zero-order valence-corrected chi connectivity index (χ0v) is 9.18. The average Bonchev–Trinajstić information content (AvgIpc) is 2.31. The Hall–Kier alpha value is -1.96. The van der Waals surface area contributed by atoms with Crippen molar-refractivity contribution in [2.45, 2.75) is 13.3 Å². The first-order chi connectivity index (χ1) is 7.81. The number of carbonyl (C=O) groups excluding carboxylic acids is 1. The second-order valence-electron chi connectivity index (χ2n) is 3.75. The topological polar surface area (TPSA) is 30.0 Å². The molecule has 2 heteroatoms. The normalized spacial score (nSPS) is 10.1. The van der Waals surface area contributed by atoms with Gasteiger partial charge in [0.05, 0.1) is 0 Å². The molecule has 2 rings (SSSR count). The molecule has 0 unspecified atom stereocenters. The summed E-state index contributed by atoms with van der Waals surface area (Å²) in [7, 11) is 0. The van der Waals surface area contributed by atoms with Gasteiger partial charge in [-0.2, -0.15) is 0 Å². The Kier molecular flexibility index (Phi) is 3.10. The number of pyridine rings is 1. The van der Waals surface area contributed by atoms with E-state index in [1.54, 1.807) is 6.20 Å². The van der Waals surface area contributed by atoms with E-state index < -0.39 is 0 Å². The maximum atomic E-state index is 11.0. The molecule has 0 amide bonds. The molecule has 0 bridgehead atoms. The van der Waals surface area contributed by atoms with Gasteiger partial charge in [-0.3, -0.25) is 9.78 Å². The zero-order valence-electron chi connectivity index (χ0n) is 9.18. The maximum Gasteiger partial charge on any atom is 0.152 e. The molecule has 2 aromatic rings. The first-order valence-corrected chi connectivity index (χ1v) is 5.25. The van der Waals surface area contributed by atoms with Gasteiger partial charge in [0, 0.05) is 17.5 Å². The summed E-state index contributed by atoms with van der Waals surface area (Å²) in [5.74, 6) is 0. The Morgan fingerprint density at radius 2 is 1.94 bits per heavy atom. The zero-order chi connectivity index (χ0) is 11.4. The Morgan fingerprint density at radius 1 is 1.19 bits per heavy atom. The molecule has 0 spiro atoms. The quantitative estimate of drug-likeness (QED) is 0.731. The average molecular weight is 211 g/mol. The molecule has 2 nitrogen and oxygen atoms in total. The van der Waals surface area contributed by atoms with Crippen molar-refractivity contribution in [2.24, 2.45) is 0 Å². The minimum Gasteiger partial charge on any atom is -0.298 e. The highest BCUT2D eigenvalue weighted by atomic mass is 16.1. The lowest BCUT2D eigenvalue weighted by Crippen LogP contribution is -1.99. The number of aryl methyl sites for hydroxylation is 1. The summed E-state index contributed by atoms with van der Waals surface area (Å²) >= 11 is 0. The summed E-state index contributed by atoms with van der Waals surface area (Å²) in [5, 5.41) is 0. The molecule has 0 atom stereocenters. The van der Waals surface area contributed by atoms with Gasteiger partial charge in [0.2, 0.25) is 0 Å². The van der Waals surface area contributed by atoms with Crippen LogP contribution in [0.4, 0.5) is 0 Å². The van der Waals surface area contributed by atoms with Crippen LogP contribution in [0.25, 0.3) is 0 Å². The standard InChI is InChI=1S/C14H13NO/c1-11-14(10-16)13(7-8-15-11)9-12-5-3-2-4-6-12/h2-8,10H,9H2,1H3. The minimum absolute atomic E-state index is 0.714. The van der Waals surface area contributed by atoms with Crippen LogP contribution in [0.15, 0.2) is 42.6 Å². The number of hydrogen-bond acceptors (Lipinski definition) is 2. The Morgan fingerprint density at radius 3 is 2.62 bits per heavy atom. The van der Waals surface area contributed by atoms with Crippen LogP contribution in [0.5, 0.6) is 0 Å². The highest BCUT2D eigenvalue weighted by Crippen LogP contribution is 2.14. The van der Waals surface area contributed by atoms with Crippen LogP contribution in [0, 0.1) is 6.92 Å². The van der Waals surface area contributed by atoms with Crippen LogP contribution in [-0.2, 0) is 6.42 Å². The molecule has 0 saturated carbocycles. The molecule has 0 saturated heterocycles. The SMILES string of the molecule is Cc1nccc(Cc2ccccc2)c1C=O. The van der Waals surface area contributed by atoms with E-state index in [4.69, 9.17) is 0 Å². The van der Waals surface area contributed by atoms with Crippen LogP contribution >= 0.6 is 0 Å². The van der Waals surface area contributed by atoms with Gasteiger partial charge >= 0.3 is 0 Å². The molecule has 16 heavy (non-hydrogen) atoms. The molecule has 0 radical (unpaired) electrons. The molecule has 0 fully saturated rings. The molecule has 80 valence electrons. The fourth-order valence-electron chi connectivity index (χ4n) is 1.76. The predicted octanol–water partition coefficient (Wildman–Crippen LogP) is 2.79. The third-order valence-electron chi connectivity index (χ3n) is 2.63. The van der Waals surface area contributed by atoms with Crippen LogP contribution < -0.4 is 0 Å². The molecule has 1 aromatic carbocycles. The summed E-state index contributed by atoms with van der Waals surface area (Å²) < 4.78 is 0. The minimum atomic E-state index is 0.714. The van der Waals surface area contributed by atoms with E-state index in [-0.39, 0.29) is 0 Å². The van der Waals surface area contributed by atoms with E-state index in [1.807, 2.05) is 31.2 Å². The van der Waals surface area contributed by atoms with Crippen LogP contribution in [0.1, 0.15) is 27.2 Å². The van der Waals surface area contributed by atoms with Gasteiger partial charge in [0.15, 0.2) is 6.29 Å². The van der Waals surface area contributed by atoms with E-state index in [0.717, 1.165) is 24.0 Å². The van der Waals surface area contributed by atoms with Crippen LogP contribution in [0.3, 0.4) is 0 Å². The monoisotopic (exact) mass is 211 g/mol. The fourth-order valence-corrected chi connectivity index (χ4v) is 1.76. The number of aromatic nitrogens is 1. The van der Waals surface area contributed by atoms with Gasteiger partial charge in [0.1, 0.15) is 0 Å². The summed E-state index contributed by atoms with van der Waals surface area (Å²) in [6.07, 6.45) is 3.42. The van der Waals surface area contributed by atoms with Crippen molar-refractivity contribution in [3.8, 4) is 0 Å². The van der Waals surface area contributed by atoms with Crippen molar-refractivity contribution < 1.29 is 4.79 Å². The third-order valence-corrected chi connectivity index (χ3v) is 2.63. The first kappa shape index (κ1) is 10.6. The number of aldehydes is 1. The molecule has 0 aliphatic carbocycles. The second kappa shape index (κ2) is 4.71. The summed E-state index contributed by atoms with van der Waals surface area (Å²) in [6.45, 7) is 1.86. The molecule has 1 heterocycles.